The lowest BCUT2D eigenvalue weighted by Gasteiger charge is -2.08. The number of esters is 1. The highest BCUT2D eigenvalue weighted by molar-refractivity contribution is 5.69. The second-order valence-electron chi connectivity index (χ2n) is 3.99. The number of carbonyl (C=O) groups excluding carboxylic acids is 1. The lowest BCUT2D eigenvalue weighted by molar-refractivity contribution is -0.711. The second-order valence-corrected chi connectivity index (χ2v) is 3.99. The molecule has 110 valence electrons. The third-order valence-corrected chi connectivity index (χ3v) is 2.32. The first-order chi connectivity index (χ1) is 9.51. The quantitative estimate of drug-likeness (QED) is 0.239. The van der Waals surface area contributed by atoms with Crippen LogP contribution in [-0.2, 0) is 16.1 Å². The minimum atomic E-state index is -0.930. The zero-order chi connectivity index (χ0) is 15.0. The van der Waals surface area contributed by atoms with Crippen LogP contribution in [0.15, 0.2) is 18.2 Å². The van der Waals surface area contributed by atoms with Crippen molar-refractivity contribution in [1.82, 2.24) is 5.32 Å². The summed E-state index contributed by atoms with van der Waals surface area (Å²) in [5.74, 6) is -0.362. The number of rotatable bonds is 8. The number of nitrogen functional groups attached to an aromatic ring is 1. The summed E-state index contributed by atoms with van der Waals surface area (Å²) in [6.45, 7) is 3.25. The molecule has 0 amide bonds. The Morgan fingerprint density at radius 2 is 2.20 bits per heavy atom. The van der Waals surface area contributed by atoms with Crippen molar-refractivity contribution in [3.8, 4) is 5.75 Å². The normalized spacial score (nSPS) is 10.1. The molecule has 0 unspecified atom stereocenters. The average Bonchev–Trinajstić information content (AvgIpc) is 2.35. The van der Waals surface area contributed by atoms with Crippen molar-refractivity contribution in [1.29, 1.82) is 0 Å². The van der Waals surface area contributed by atoms with Crippen LogP contribution in [0.4, 0.5) is 5.69 Å². The van der Waals surface area contributed by atoms with Crippen molar-refractivity contribution in [2.24, 2.45) is 0 Å². The maximum atomic E-state index is 11.4. The Hall–Kier alpha value is -2.35. The predicted octanol–water partition coefficient (Wildman–Crippen LogP) is 0.882. The molecule has 1 aromatic carbocycles. The first kappa shape index (κ1) is 15.7. The van der Waals surface area contributed by atoms with E-state index in [-0.39, 0.29) is 24.7 Å². The molecule has 0 atom stereocenters. The van der Waals surface area contributed by atoms with Gasteiger partial charge >= 0.3 is 5.97 Å². The fraction of sp³-hybridized carbons (Fsp3) is 0.417. The van der Waals surface area contributed by atoms with Crippen LogP contribution in [0.3, 0.4) is 0 Å². The molecule has 3 N–H and O–H groups in total. The van der Waals surface area contributed by atoms with Gasteiger partial charge in [0.05, 0.1) is 6.42 Å². The van der Waals surface area contributed by atoms with Gasteiger partial charge in [-0.2, -0.15) is 0 Å². The lowest BCUT2D eigenvalue weighted by Crippen LogP contribution is -2.18. The number of carbonyl (C=O) groups is 1. The fourth-order valence-electron chi connectivity index (χ4n) is 1.51. The van der Waals surface area contributed by atoms with Crippen LogP contribution >= 0.6 is 0 Å². The molecule has 0 aliphatic rings. The Kier molecular flexibility index (Phi) is 6.24. The average molecular weight is 283 g/mol. The predicted molar refractivity (Wildman–Crippen MR) is 71.4 cm³/mol. The van der Waals surface area contributed by atoms with Crippen LogP contribution in [0, 0.1) is 10.1 Å². The minimum Gasteiger partial charge on any atom is -0.461 e. The van der Waals surface area contributed by atoms with Gasteiger partial charge in [-0.05, 0) is 30.3 Å². The highest BCUT2D eigenvalue weighted by Gasteiger charge is 2.06. The molecular formula is C12H17N3O5. The molecule has 0 aromatic heterocycles. The fourth-order valence-corrected chi connectivity index (χ4v) is 1.51. The molecule has 0 saturated carbocycles. The van der Waals surface area contributed by atoms with E-state index in [4.69, 9.17) is 10.5 Å². The SMILES string of the molecule is CCNCCC(=O)OCc1cc(N)cc(O[N+](=O)[O-])c1. The van der Waals surface area contributed by atoms with E-state index in [1.165, 1.54) is 12.1 Å². The van der Waals surface area contributed by atoms with E-state index in [1.54, 1.807) is 6.07 Å². The molecule has 0 saturated heterocycles. The summed E-state index contributed by atoms with van der Waals surface area (Å²) in [4.78, 5) is 26.0. The van der Waals surface area contributed by atoms with Gasteiger partial charge in [-0.3, -0.25) is 9.63 Å². The zero-order valence-electron chi connectivity index (χ0n) is 11.1. The van der Waals surface area contributed by atoms with Crippen LogP contribution in [-0.4, -0.2) is 24.1 Å². The third kappa shape index (κ3) is 6.01. The van der Waals surface area contributed by atoms with Crippen LogP contribution < -0.4 is 15.9 Å². The summed E-state index contributed by atoms with van der Waals surface area (Å²) in [5.41, 5.74) is 6.41. The van der Waals surface area contributed by atoms with Crippen molar-refractivity contribution >= 4 is 11.7 Å². The van der Waals surface area contributed by atoms with Gasteiger partial charge in [-0.15, -0.1) is 10.1 Å². The molecule has 0 heterocycles. The number of nitrogens with zero attached hydrogens (tertiary/aromatic N) is 1. The second kappa shape index (κ2) is 7.95. The molecule has 0 fully saturated rings. The van der Waals surface area contributed by atoms with Gasteiger partial charge in [0.1, 0.15) is 12.4 Å². The molecular weight excluding hydrogens is 266 g/mol. The largest absolute Gasteiger partial charge is 0.461 e. The van der Waals surface area contributed by atoms with Crippen LogP contribution in [0.5, 0.6) is 5.75 Å². The number of nitrogens with one attached hydrogen (secondary N) is 1. The van der Waals surface area contributed by atoms with E-state index < -0.39 is 5.09 Å². The van der Waals surface area contributed by atoms with E-state index in [1.807, 2.05) is 6.92 Å². The molecule has 8 nitrogen and oxygen atoms in total. The Balaban J connectivity index is 2.52. The van der Waals surface area contributed by atoms with Crippen molar-refractivity contribution in [3.63, 3.8) is 0 Å². The standard InChI is InChI=1S/C12H17N3O5/c1-2-14-4-3-12(16)19-8-9-5-10(13)7-11(6-9)20-15(17)18/h5-7,14H,2-4,8,13H2,1H3. The van der Waals surface area contributed by atoms with Crippen LogP contribution in [0.2, 0.25) is 0 Å². The third-order valence-electron chi connectivity index (χ3n) is 2.32. The van der Waals surface area contributed by atoms with E-state index in [2.05, 4.69) is 10.2 Å². The van der Waals surface area contributed by atoms with E-state index in [0.717, 1.165) is 6.54 Å². The molecule has 0 aliphatic heterocycles. The van der Waals surface area contributed by atoms with Crippen molar-refractivity contribution < 1.29 is 19.5 Å². The monoisotopic (exact) mass is 283 g/mol. The maximum absolute atomic E-state index is 11.4. The summed E-state index contributed by atoms with van der Waals surface area (Å²) < 4.78 is 5.03. The molecule has 0 bridgehead atoms. The van der Waals surface area contributed by atoms with Crippen molar-refractivity contribution in [2.45, 2.75) is 20.0 Å². The van der Waals surface area contributed by atoms with Gasteiger partial charge in [0.25, 0.3) is 5.09 Å². The number of ether oxygens (including phenoxy) is 1. The van der Waals surface area contributed by atoms with Crippen LogP contribution in [0.25, 0.3) is 0 Å². The molecule has 0 aliphatic carbocycles. The maximum Gasteiger partial charge on any atom is 0.307 e. The van der Waals surface area contributed by atoms with Gasteiger partial charge < -0.3 is 15.8 Å². The molecule has 1 rings (SSSR count). The Labute approximate surface area is 116 Å². The Bertz CT molecular complexity index is 478. The first-order valence-electron chi connectivity index (χ1n) is 6.09. The van der Waals surface area contributed by atoms with Gasteiger partial charge in [-0.1, -0.05) is 6.92 Å². The number of anilines is 1. The molecule has 8 heteroatoms. The lowest BCUT2D eigenvalue weighted by atomic mass is 10.2. The number of nitrogens with two attached hydrogens (primary N) is 1. The summed E-state index contributed by atoms with van der Waals surface area (Å²) in [6, 6.07) is 4.28. The summed E-state index contributed by atoms with van der Waals surface area (Å²) in [6.07, 6.45) is 0.258. The highest BCUT2D eigenvalue weighted by Crippen LogP contribution is 2.19. The van der Waals surface area contributed by atoms with Crippen molar-refractivity contribution in [2.75, 3.05) is 18.8 Å². The van der Waals surface area contributed by atoms with E-state index in [0.29, 0.717) is 17.8 Å². The Morgan fingerprint density at radius 1 is 1.45 bits per heavy atom. The van der Waals surface area contributed by atoms with Gasteiger partial charge in [0.2, 0.25) is 0 Å². The molecule has 1 aromatic rings. The number of hydrogen-bond acceptors (Lipinski definition) is 7. The van der Waals surface area contributed by atoms with E-state index in [9.17, 15) is 14.9 Å². The topological polar surface area (TPSA) is 117 Å². The first-order valence-corrected chi connectivity index (χ1v) is 6.09. The number of benzene rings is 1. The molecule has 0 spiro atoms. The summed E-state index contributed by atoms with van der Waals surface area (Å²) >= 11 is 0. The van der Waals surface area contributed by atoms with E-state index >= 15 is 0 Å². The van der Waals surface area contributed by atoms with Gasteiger partial charge in [-0.25, -0.2) is 0 Å². The van der Waals surface area contributed by atoms with Gasteiger partial charge in [0, 0.05) is 12.2 Å². The van der Waals surface area contributed by atoms with Crippen LogP contribution in [0.1, 0.15) is 18.9 Å². The Morgan fingerprint density at radius 3 is 2.85 bits per heavy atom. The van der Waals surface area contributed by atoms with Crippen molar-refractivity contribution in [3.05, 3.63) is 33.9 Å². The highest BCUT2D eigenvalue weighted by atomic mass is 17.0. The molecule has 0 radical (unpaired) electrons. The smallest absolute Gasteiger partial charge is 0.307 e. The zero-order valence-corrected chi connectivity index (χ0v) is 11.1. The molecule has 20 heavy (non-hydrogen) atoms. The summed E-state index contributed by atoms with van der Waals surface area (Å²) in [7, 11) is 0. The van der Waals surface area contributed by atoms with Gasteiger partial charge in [0.15, 0.2) is 0 Å². The number of hydrogen-bond donors (Lipinski definition) is 2. The summed E-state index contributed by atoms with van der Waals surface area (Å²) in [5, 5.41) is 12.3. The minimum absolute atomic E-state index is 0.00583.